The van der Waals surface area contributed by atoms with E-state index < -0.39 is 0 Å². The van der Waals surface area contributed by atoms with E-state index >= 15 is 0 Å². The molecule has 0 atom stereocenters. The summed E-state index contributed by atoms with van der Waals surface area (Å²) in [5, 5.41) is 0. The van der Waals surface area contributed by atoms with Crippen molar-refractivity contribution >= 4 is 0 Å². The van der Waals surface area contributed by atoms with E-state index in [0.717, 1.165) is 0 Å². The molecule has 0 amide bonds. The van der Waals surface area contributed by atoms with Gasteiger partial charge in [0.15, 0.2) is 0 Å². The van der Waals surface area contributed by atoms with Crippen LogP contribution in [0, 0.1) is 26.6 Å². The van der Waals surface area contributed by atoms with E-state index in [2.05, 4.69) is 26.6 Å². The van der Waals surface area contributed by atoms with E-state index in [-0.39, 0.29) is 34.1 Å². The predicted octanol–water partition coefficient (Wildman–Crippen LogP) is 2.66. The third-order valence-corrected chi connectivity index (χ3v) is 1.11. The Bertz CT molecular complexity index is 274. The van der Waals surface area contributed by atoms with Crippen LogP contribution in [0.4, 0.5) is 0 Å². The van der Waals surface area contributed by atoms with Gasteiger partial charge >= 0.3 is 79.3 Å². The van der Waals surface area contributed by atoms with Crippen LogP contribution in [0.25, 0.3) is 0 Å². The van der Waals surface area contributed by atoms with Gasteiger partial charge in [-0.25, -0.2) is 24.3 Å². The Hall–Kier alpha value is -1.30. The second kappa shape index (κ2) is 65.2. The third-order valence-electron chi connectivity index (χ3n) is 1.11. The molecule has 98 valence electrons. The fourth-order valence-corrected chi connectivity index (χ4v) is 0.642. The normalized spacial score (nSPS) is 4.40. The van der Waals surface area contributed by atoms with E-state index in [1.807, 2.05) is 60.7 Å². The molecule has 2 radical (unpaired) electrons. The molecule has 2 aromatic carbocycles. The molecule has 0 heterocycles. The van der Waals surface area contributed by atoms with Crippen molar-refractivity contribution in [2.45, 2.75) is 0 Å². The predicted molar refractivity (Wildman–Crippen MR) is 59.8 cm³/mol. The van der Waals surface area contributed by atoms with Crippen LogP contribution in [0.15, 0.2) is 60.7 Å². The molecule has 0 saturated heterocycles. The van der Waals surface area contributed by atoms with Crippen molar-refractivity contribution in [3.05, 3.63) is 87.3 Å². The Labute approximate surface area is 140 Å². The summed E-state index contributed by atoms with van der Waals surface area (Å²) in [5.41, 5.74) is 0. The maximum Gasteiger partial charge on any atom is 5.00 e. The summed E-state index contributed by atoms with van der Waals surface area (Å²) < 4.78 is 30.0. The van der Waals surface area contributed by atoms with E-state index in [1.165, 1.54) is 0 Å². The monoisotopic (exact) mass is 354 g/mol. The first kappa shape index (κ1) is 36.3. The van der Waals surface area contributed by atoms with Gasteiger partial charge in [-0.15, -0.1) is 0 Å². The summed E-state index contributed by atoms with van der Waals surface area (Å²) in [6.45, 7) is 18.0. The molecule has 0 spiro atoms. The molecule has 0 aliphatic carbocycles. The minimum atomic E-state index is 0. The maximum absolute atomic E-state index is 7.50. The standard InChI is InChI=1S/2C5H5.4CO.2Fe/c2*1-2-4-5-3-1;4*1-2;;/h2*1-5H;;;;;;/q2*-1;;;;;2*+5. The van der Waals surface area contributed by atoms with Crippen molar-refractivity contribution in [2.24, 2.45) is 0 Å². The van der Waals surface area contributed by atoms with Crippen molar-refractivity contribution in [2.75, 3.05) is 0 Å². The molecule has 2 rings (SSSR count). The van der Waals surface area contributed by atoms with Crippen LogP contribution in [-0.2, 0) is 52.7 Å². The number of hydrogen-bond acceptors (Lipinski definition) is 0. The van der Waals surface area contributed by atoms with Gasteiger partial charge in [0, 0.05) is 0 Å². The van der Waals surface area contributed by atoms with Crippen molar-refractivity contribution in [3.63, 3.8) is 0 Å². The molecule has 0 aliphatic heterocycles. The zero-order valence-electron chi connectivity index (χ0n) is 10.1. The Kier molecular flexibility index (Phi) is 118. The molecule has 20 heavy (non-hydrogen) atoms. The van der Waals surface area contributed by atoms with Gasteiger partial charge in [-0.1, -0.05) is 0 Å². The molecule has 0 saturated carbocycles. The molecule has 0 fully saturated rings. The van der Waals surface area contributed by atoms with Gasteiger partial charge in [0.25, 0.3) is 0 Å². The smallest absolute Gasteiger partial charge is 0.214 e. The van der Waals surface area contributed by atoms with E-state index in [9.17, 15) is 0 Å². The minimum Gasteiger partial charge on any atom is -0.214 e. The summed E-state index contributed by atoms with van der Waals surface area (Å²) in [7, 11) is 0. The van der Waals surface area contributed by atoms with Gasteiger partial charge in [0.2, 0.25) is 0 Å². The third kappa shape index (κ3) is 54.4. The fourth-order valence-electron chi connectivity index (χ4n) is 0.642. The number of rotatable bonds is 0. The first-order chi connectivity index (χ1) is 9.00. The first-order valence-electron chi connectivity index (χ1n) is 4.15. The maximum atomic E-state index is 7.50. The second-order valence-corrected chi connectivity index (χ2v) is 1.92. The summed E-state index contributed by atoms with van der Waals surface area (Å²) in [6.07, 6.45) is 0. The van der Waals surface area contributed by atoms with E-state index in [1.54, 1.807) is 0 Å². The molecule has 0 aromatic heterocycles. The van der Waals surface area contributed by atoms with E-state index in [0.29, 0.717) is 0 Å². The van der Waals surface area contributed by atoms with Crippen molar-refractivity contribution in [1.29, 1.82) is 0 Å². The van der Waals surface area contributed by atoms with Crippen LogP contribution < -0.4 is 0 Å². The van der Waals surface area contributed by atoms with Gasteiger partial charge in [-0.05, 0) is 0 Å². The topological polar surface area (TPSA) is 79.6 Å². The Morgan fingerprint density at radius 1 is 0.450 bits per heavy atom. The zero-order chi connectivity index (χ0) is 15.1. The van der Waals surface area contributed by atoms with Gasteiger partial charge in [-0.3, -0.25) is 0 Å². The molecule has 4 nitrogen and oxygen atoms in total. The number of hydrogen-bond donors (Lipinski definition) is 0. The quantitative estimate of drug-likeness (QED) is 0.396. The molecule has 0 unspecified atom stereocenters. The zero-order valence-corrected chi connectivity index (χ0v) is 12.3. The first-order valence-corrected chi connectivity index (χ1v) is 4.15. The van der Waals surface area contributed by atoms with Crippen LogP contribution in [0.2, 0.25) is 0 Å². The van der Waals surface area contributed by atoms with E-state index in [4.69, 9.17) is 18.6 Å². The van der Waals surface area contributed by atoms with Crippen molar-refractivity contribution in [3.8, 4) is 0 Å². The molecular weight excluding hydrogens is 344 g/mol. The summed E-state index contributed by atoms with van der Waals surface area (Å²) in [6, 6.07) is 20.0. The molecule has 0 aliphatic rings. The fraction of sp³-hybridized carbons (Fsp3) is 0. The van der Waals surface area contributed by atoms with Crippen LogP contribution >= 0.6 is 0 Å². The summed E-state index contributed by atoms with van der Waals surface area (Å²) in [4.78, 5) is 0. The largest absolute Gasteiger partial charge is 5.00 e. The van der Waals surface area contributed by atoms with Crippen LogP contribution in [-0.4, -0.2) is 0 Å². The average molecular weight is 354 g/mol. The van der Waals surface area contributed by atoms with Gasteiger partial charge in [0.1, 0.15) is 0 Å². The average Bonchev–Trinajstić information content (AvgIpc) is 3.25. The molecule has 0 N–H and O–H groups in total. The van der Waals surface area contributed by atoms with Gasteiger partial charge in [0.05, 0.1) is 0 Å². The van der Waals surface area contributed by atoms with Gasteiger partial charge in [-0.2, -0.15) is 36.4 Å². The van der Waals surface area contributed by atoms with Crippen molar-refractivity contribution in [1.82, 2.24) is 0 Å². The Balaban J connectivity index is -0.0000000311. The second-order valence-electron chi connectivity index (χ2n) is 1.92. The van der Waals surface area contributed by atoms with Crippen LogP contribution in [0.3, 0.4) is 0 Å². The SMILES string of the molecule is [C-]#[O+].[C-]#[O+].[C-]#[O+].[C-]#[O+].[Fe+5].[Fe+5].c1cc[cH-]c1.c1cc[cH-]c1. The Morgan fingerprint density at radius 3 is 0.650 bits per heavy atom. The Morgan fingerprint density at radius 2 is 0.600 bits per heavy atom. The molecular formula is C14H10Fe2O4+8. The molecule has 2 aromatic rings. The summed E-state index contributed by atoms with van der Waals surface area (Å²) >= 11 is 0. The molecule has 6 heteroatoms. The van der Waals surface area contributed by atoms with Crippen LogP contribution in [0.5, 0.6) is 0 Å². The van der Waals surface area contributed by atoms with Crippen LogP contribution in [0.1, 0.15) is 0 Å². The van der Waals surface area contributed by atoms with Gasteiger partial charge < -0.3 is 0 Å². The molecule has 0 bridgehead atoms. The minimum absolute atomic E-state index is 0. The van der Waals surface area contributed by atoms with Crippen molar-refractivity contribution < 1.29 is 52.7 Å². The summed E-state index contributed by atoms with van der Waals surface area (Å²) in [5.74, 6) is 0.